The maximum Gasteiger partial charge on any atom is 0.289 e. The van der Waals surface area contributed by atoms with E-state index in [2.05, 4.69) is 27.0 Å². The third-order valence-corrected chi connectivity index (χ3v) is 6.28. The molecule has 3 heterocycles. The summed E-state index contributed by atoms with van der Waals surface area (Å²) in [5, 5.41) is 0.795. The molecule has 1 aromatic heterocycles. The highest BCUT2D eigenvalue weighted by atomic mass is 35.5. The molecule has 4 rings (SSSR count). The van der Waals surface area contributed by atoms with Crippen LogP contribution in [0.5, 0.6) is 0 Å². The number of halogens is 1. The summed E-state index contributed by atoms with van der Waals surface area (Å²) >= 11 is 5.98. The van der Waals surface area contributed by atoms with Gasteiger partial charge in [-0.3, -0.25) is 9.69 Å². The summed E-state index contributed by atoms with van der Waals surface area (Å²) < 4.78 is 0. The predicted molar refractivity (Wildman–Crippen MR) is 107 cm³/mol. The largest absolute Gasteiger partial charge is 0.338 e. The van der Waals surface area contributed by atoms with Gasteiger partial charge in [-0.2, -0.15) is 0 Å². The van der Waals surface area contributed by atoms with E-state index in [1.54, 1.807) is 6.20 Å². The monoisotopic (exact) mass is 386 g/mol. The molecule has 1 aromatic carbocycles. The van der Waals surface area contributed by atoms with Crippen LogP contribution >= 0.6 is 11.6 Å². The van der Waals surface area contributed by atoms with Crippen LogP contribution in [0.4, 0.5) is 0 Å². The first-order chi connectivity index (χ1) is 13.1. The van der Waals surface area contributed by atoms with Crippen LogP contribution in [0.3, 0.4) is 0 Å². The molecular weight excluding hydrogens is 360 g/mol. The SMILES string of the molecule is Cc1cnc(C(=O)N2CCC(C3CCN(Cc4ccc(Cl)cc4)C3)CC2)[nH]1. The van der Waals surface area contributed by atoms with Gasteiger partial charge in [0.2, 0.25) is 0 Å². The lowest BCUT2D eigenvalue weighted by molar-refractivity contribution is 0.0647. The Morgan fingerprint density at radius 3 is 2.52 bits per heavy atom. The lowest BCUT2D eigenvalue weighted by Gasteiger charge is -2.34. The fourth-order valence-corrected chi connectivity index (χ4v) is 4.61. The van der Waals surface area contributed by atoms with Gasteiger partial charge in [-0.15, -0.1) is 0 Å². The molecule has 27 heavy (non-hydrogen) atoms. The van der Waals surface area contributed by atoms with Crippen molar-refractivity contribution in [3.63, 3.8) is 0 Å². The lowest BCUT2D eigenvalue weighted by atomic mass is 9.83. The van der Waals surface area contributed by atoms with E-state index in [4.69, 9.17) is 11.6 Å². The van der Waals surface area contributed by atoms with Crippen molar-refractivity contribution in [3.05, 3.63) is 52.6 Å². The maximum absolute atomic E-state index is 12.5. The third kappa shape index (κ3) is 4.36. The number of aryl methyl sites for hydroxylation is 1. The first-order valence-electron chi connectivity index (χ1n) is 9.86. The van der Waals surface area contributed by atoms with Gasteiger partial charge in [0.1, 0.15) is 0 Å². The van der Waals surface area contributed by atoms with Crippen molar-refractivity contribution in [1.29, 1.82) is 0 Å². The molecule has 1 N–H and O–H groups in total. The van der Waals surface area contributed by atoms with Crippen LogP contribution in [-0.4, -0.2) is 51.9 Å². The van der Waals surface area contributed by atoms with Gasteiger partial charge in [-0.25, -0.2) is 4.98 Å². The number of amides is 1. The van der Waals surface area contributed by atoms with E-state index in [9.17, 15) is 4.79 Å². The molecule has 1 atom stereocenters. The molecule has 2 aromatic rings. The van der Waals surface area contributed by atoms with Crippen molar-refractivity contribution in [2.24, 2.45) is 11.8 Å². The highest BCUT2D eigenvalue weighted by molar-refractivity contribution is 6.30. The molecule has 5 nitrogen and oxygen atoms in total. The van der Waals surface area contributed by atoms with E-state index in [1.807, 2.05) is 24.0 Å². The minimum atomic E-state index is 0.0392. The Labute approximate surface area is 165 Å². The zero-order valence-electron chi connectivity index (χ0n) is 15.8. The Bertz CT molecular complexity index is 780. The number of benzene rings is 1. The molecule has 6 heteroatoms. The molecule has 0 spiro atoms. The maximum atomic E-state index is 12.5. The van der Waals surface area contributed by atoms with E-state index >= 15 is 0 Å². The van der Waals surface area contributed by atoms with Crippen LogP contribution in [0.1, 0.15) is 41.1 Å². The zero-order chi connectivity index (χ0) is 18.8. The van der Waals surface area contributed by atoms with Gasteiger partial charge < -0.3 is 9.88 Å². The van der Waals surface area contributed by atoms with Crippen molar-refractivity contribution >= 4 is 17.5 Å². The van der Waals surface area contributed by atoms with Crippen LogP contribution < -0.4 is 0 Å². The fourth-order valence-electron chi connectivity index (χ4n) is 4.48. The van der Waals surface area contributed by atoms with Crippen molar-refractivity contribution in [2.75, 3.05) is 26.2 Å². The third-order valence-electron chi connectivity index (χ3n) is 6.03. The second-order valence-electron chi connectivity index (χ2n) is 7.95. The van der Waals surface area contributed by atoms with Crippen LogP contribution in [0, 0.1) is 18.8 Å². The Morgan fingerprint density at radius 2 is 1.85 bits per heavy atom. The van der Waals surface area contributed by atoms with Crippen molar-refractivity contribution < 1.29 is 4.79 Å². The number of aromatic amines is 1. The number of nitrogens with zero attached hydrogens (tertiary/aromatic N) is 3. The quantitative estimate of drug-likeness (QED) is 0.870. The van der Waals surface area contributed by atoms with Gasteiger partial charge in [-0.1, -0.05) is 23.7 Å². The second-order valence-corrected chi connectivity index (χ2v) is 8.39. The molecule has 2 saturated heterocycles. The van der Waals surface area contributed by atoms with Gasteiger partial charge >= 0.3 is 0 Å². The summed E-state index contributed by atoms with van der Waals surface area (Å²) in [4.78, 5) is 24.3. The summed E-state index contributed by atoms with van der Waals surface area (Å²) in [5.41, 5.74) is 2.26. The van der Waals surface area contributed by atoms with Gasteiger partial charge in [-0.05, 0) is 62.3 Å². The molecule has 0 bridgehead atoms. The van der Waals surface area contributed by atoms with E-state index < -0.39 is 0 Å². The number of nitrogens with one attached hydrogen (secondary N) is 1. The topological polar surface area (TPSA) is 52.2 Å². The number of rotatable bonds is 4. The molecule has 2 fully saturated rings. The van der Waals surface area contributed by atoms with Crippen molar-refractivity contribution in [2.45, 2.75) is 32.7 Å². The number of imidazole rings is 1. The van der Waals surface area contributed by atoms with Crippen LogP contribution in [0.15, 0.2) is 30.5 Å². The summed E-state index contributed by atoms with van der Waals surface area (Å²) in [6, 6.07) is 8.18. The molecule has 2 aliphatic rings. The molecule has 1 amide bonds. The molecule has 144 valence electrons. The molecule has 0 radical (unpaired) electrons. The highest BCUT2D eigenvalue weighted by Gasteiger charge is 2.33. The minimum absolute atomic E-state index is 0.0392. The Balaban J connectivity index is 1.26. The number of hydrogen-bond donors (Lipinski definition) is 1. The molecule has 1 unspecified atom stereocenters. The number of likely N-dealkylation sites (tertiary alicyclic amines) is 2. The van der Waals surface area contributed by atoms with Gasteiger partial charge in [0, 0.05) is 43.1 Å². The van der Waals surface area contributed by atoms with E-state index in [1.165, 1.54) is 18.5 Å². The molecule has 2 aliphatic heterocycles. The molecule has 0 aliphatic carbocycles. The Hall–Kier alpha value is -1.85. The van der Waals surface area contributed by atoms with Crippen molar-refractivity contribution in [3.8, 4) is 0 Å². The smallest absolute Gasteiger partial charge is 0.289 e. The average molecular weight is 387 g/mol. The number of aromatic nitrogens is 2. The molecule has 0 saturated carbocycles. The lowest BCUT2D eigenvalue weighted by Crippen LogP contribution is -2.40. The van der Waals surface area contributed by atoms with E-state index in [0.717, 1.165) is 61.6 Å². The Kier molecular flexibility index (Phi) is 5.50. The van der Waals surface area contributed by atoms with Crippen LogP contribution in [0.25, 0.3) is 0 Å². The van der Waals surface area contributed by atoms with Crippen molar-refractivity contribution in [1.82, 2.24) is 19.8 Å². The average Bonchev–Trinajstić information content (AvgIpc) is 3.32. The first-order valence-corrected chi connectivity index (χ1v) is 10.2. The standard InChI is InChI=1S/C21H27ClN4O/c1-15-12-23-20(24-15)21(27)26-10-7-17(8-11-26)18-6-9-25(14-18)13-16-2-4-19(22)5-3-16/h2-5,12,17-18H,6-11,13-14H2,1H3,(H,23,24). The minimum Gasteiger partial charge on any atom is -0.338 e. The zero-order valence-corrected chi connectivity index (χ0v) is 16.6. The number of carbonyl (C=O) groups excluding carboxylic acids is 1. The predicted octanol–water partition coefficient (Wildman–Crippen LogP) is 3.75. The first kappa shape index (κ1) is 18.5. The fraction of sp³-hybridized carbons (Fsp3) is 0.524. The van der Waals surface area contributed by atoms with E-state index in [0.29, 0.717) is 5.82 Å². The number of carbonyl (C=O) groups is 1. The number of hydrogen-bond acceptors (Lipinski definition) is 3. The number of piperidine rings is 1. The second kappa shape index (κ2) is 8.03. The Morgan fingerprint density at radius 1 is 1.15 bits per heavy atom. The summed E-state index contributed by atoms with van der Waals surface area (Å²) in [6.07, 6.45) is 5.19. The van der Waals surface area contributed by atoms with E-state index in [-0.39, 0.29) is 5.91 Å². The summed E-state index contributed by atoms with van der Waals surface area (Å²) in [7, 11) is 0. The summed E-state index contributed by atoms with van der Waals surface area (Å²) in [5.74, 6) is 1.99. The normalized spacial score (nSPS) is 21.7. The summed E-state index contributed by atoms with van der Waals surface area (Å²) in [6.45, 7) is 6.94. The highest BCUT2D eigenvalue weighted by Crippen LogP contribution is 2.32. The molecular formula is C21H27ClN4O. The van der Waals surface area contributed by atoms with Gasteiger partial charge in [0.25, 0.3) is 5.91 Å². The van der Waals surface area contributed by atoms with Gasteiger partial charge in [0.05, 0.1) is 0 Å². The number of H-pyrrole nitrogens is 1. The van der Waals surface area contributed by atoms with Crippen LogP contribution in [-0.2, 0) is 6.54 Å². The van der Waals surface area contributed by atoms with Crippen LogP contribution in [0.2, 0.25) is 5.02 Å². The van der Waals surface area contributed by atoms with Gasteiger partial charge in [0.15, 0.2) is 5.82 Å².